The minimum Gasteiger partial charge on any atom is -0.354 e. The lowest BCUT2D eigenvalue weighted by Crippen LogP contribution is -2.52. The molecule has 0 aliphatic rings. The summed E-state index contributed by atoms with van der Waals surface area (Å²) in [5, 5.41) is 5.00. The van der Waals surface area contributed by atoms with Gasteiger partial charge in [0.25, 0.3) is 0 Å². The summed E-state index contributed by atoms with van der Waals surface area (Å²) < 4.78 is 26.9. The van der Waals surface area contributed by atoms with Gasteiger partial charge >= 0.3 is 0 Å². The molecule has 0 heterocycles. The molecule has 0 radical (unpaired) electrons. The van der Waals surface area contributed by atoms with Gasteiger partial charge in [-0.1, -0.05) is 74.0 Å². The van der Waals surface area contributed by atoms with Crippen LogP contribution in [0.15, 0.2) is 66.7 Å². The Morgan fingerprint density at radius 2 is 1.64 bits per heavy atom. The molecule has 9 heteroatoms. The van der Waals surface area contributed by atoms with E-state index < -0.39 is 28.5 Å². The molecular weight excluding hydrogens is 498 g/mol. The smallest absolute Gasteiger partial charge is 0.244 e. The van der Waals surface area contributed by atoms with Crippen LogP contribution in [0.1, 0.15) is 32.3 Å². The Morgan fingerprint density at radius 3 is 2.28 bits per heavy atom. The highest BCUT2D eigenvalue weighted by Gasteiger charge is 2.32. The van der Waals surface area contributed by atoms with Gasteiger partial charge in [-0.2, -0.15) is 0 Å². The van der Waals surface area contributed by atoms with Gasteiger partial charge in [-0.3, -0.25) is 13.9 Å². The molecule has 3 aromatic carbocycles. The first kappa shape index (κ1) is 27.5. The number of sulfonamides is 1. The molecule has 3 aromatic rings. The lowest BCUT2D eigenvalue weighted by molar-refractivity contribution is -0.140. The number of benzene rings is 3. The van der Waals surface area contributed by atoms with Gasteiger partial charge in [0.1, 0.15) is 12.6 Å². The maximum Gasteiger partial charge on any atom is 0.244 e. The second-order valence-corrected chi connectivity index (χ2v) is 11.0. The van der Waals surface area contributed by atoms with Crippen molar-refractivity contribution in [3.05, 3.63) is 77.3 Å². The quantitative estimate of drug-likeness (QED) is 0.393. The van der Waals surface area contributed by atoms with Crippen molar-refractivity contribution < 1.29 is 18.0 Å². The fourth-order valence-electron chi connectivity index (χ4n) is 4.09. The van der Waals surface area contributed by atoms with Gasteiger partial charge in [-0.15, -0.1) is 0 Å². The van der Waals surface area contributed by atoms with Crippen molar-refractivity contribution in [2.75, 3.05) is 23.7 Å². The van der Waals surface area contributed by atoms with E-state index in [1.807, 2.05) is 44.2 Å². The number of carbonyl (C=O) groups excluding carboxylic acids is 2. The largest absolute Gasteiger partial charge is 0.354 e. The van der Waals surface area contributed by atoms with Gasteiger partial charge in [-0.25, -0.2) is 8.42 Å². The minimum absolute atomic E-state index is 0.140. The van der Waals surface area contributed by atoms with E-state index in [9.17, 15) is 18.0 Å². The number of carbonyl (C=O) groups is 2. The monoisotopic (exact) mass is 529 g/mol. The highest BCUT2D eigenvalue weighted by Crippen LogP contribution is 2.29. The van der Waals surface area contributed by atoms with Gasteiger partial charge in [0.15, 0.2) is 0 Å². The van der Waals surface area contributed by atoms with Crippen LogP contribution in [-0.4, -0.2) is 50.5 Å². The Balaban J connectivity index is 2.00. The summed E-state index contributed by atoms with van der Waals surface area (Å²) in [7, 11) is -3.82. The van der Waals surface area contributed by atoms with E-state index in [0.29, 0.717) is 23.7 Å². The number of anilines is 1. The Labute approximate surface area is 218 Å². The van der Waals surface area contributed by atoms with Crippen molar-refractivity contribution in [1.29, 1.82) is 0 Å². The topological polar surface area (TPSA) is 86.8 Å². The van der Waals surface area contributed by atoms with Crippen LogP contribution in [0.2, 0.25) is 5.02 Å². The maximum absolute atomic E-state index is 13.8. The van der Waals surface area contributed by atoms with Gasteiger partial charge < -0.3 is 10.2 Å². The summed E-state index contributed by atoms with van der Waals surface area (Å²) in [6, 6.07) is 19.0. The zero-order chi connectivity index (χ0) is 26.3. The van der Waals surface area contributed by atoms with Crippen LogP contribution in [0.4, 0.5) is 5.69 Å². The molecule has 0 saturated carbocycles. The predicted molar refractivity (Wildman–Crippen MR) is 146 cm³/mol. The molecule has 1 N–H and O–H groups in total. The Hall–Kier alpha value is -3.10. The van der Waals surface area contributed by atoms with Crippen molar-refractivity contribution in [3.63, 3.8) is 0 Å². The first-order chi connectivity index (χ1) is 17.2. The fourth-order valence-corrected chi connectivity index (χ4v) is 5.08. The van der Waals surface area contributed by atoms with Gasteiger partial charge in [0, 0.05) is 23.5 Å². The fraction of sp³-hybridized carbons (Fsp3) is 0.333. The molecule has 0 aliphatic heterocycles. The third kappa shape index (κ3) is 6.77. The number of nitrogens with zero attached hydrogens (tertiary/aromatic N) is 2. The standard InChI is InChI=1S/C27H32ClN3O4S/c1-4-17-29-27(33)24(5-2)30(18-20-13-15-22(28)16-14-20)26(32)19-31(36(3,34)35)25-12-8-10-21-9-6-7-11-23(21)25/h6-16,24H,4-5,17-19H2,1-3H3,(H,29,33)/t24-/m0/s1. The predicted octanol–water partition coefficient (Wildman–Crippen LogP) is 4.59. The number of hydrogen-bond acceptors (Lipinski definition) is 4. The van der Waals surface area contributed by atoms with Crippen LogP contribution < -0.4 is 9.62 Å². The Morgan fingerprint density at radius 1 is 0.972 bits per heavy atom. The first-order valence-electron chi connectivity index (χ1n) is 11.9. The lowest BCUT2D eigenvalue weighted by atomic mass is 10.1. The molecule has 7 nitrogen and oxygen atoms in total. The molecule has 36 heavy (non-hydrogen) atoms. The molecule has 0 spiro atoms. The van der Waals surface area contributed by atoms with Gasteiger partial charge in [0.05, 0.1) is 11.9 Å². The van der Waals surface area contributed by atoms with Crippen LogP contribution in [0.25, 0.3) is 10.8 Å². The third-order valence-electron chi connectivity index (χ3n) is 5.92. The highest BCUT2D eigenvalue weighted by molar-refractivity contribution is 7.92. The molecule has 192 valence electrons. The molecule has 0 aromatic heterocycles. The number of fused-ring (bicyclic) bond motifs is 1. The van der Waals surface area contributed by atoms with Crippen molar-refractivity contribution in [2.45, 2.75) is 39.3 Å². The molecule has 0 unspecified atom stereocenters. The second-order valence-electron chi connectivity index (χ2n) is 8.63. The number of nitrogens with one attached hydrogen (secondary N) is 1. The van der Waals surface area contributed by atoms with Crippen molar-refractivity contribution in [3.8, 4) is 0 Å². The zero-order valence-electron chi connectivity index (χ0n) is 20.8. The molecule has 0 fully saturated rings. The lowest BCUT2D eigenvalue weighted by Gasteiger charge is -2.33. The SMILES string of the molecule is CCCNC(=O)[C@H](CC)N(Cc1ccc(Cl)cc1)C(=O)CN(c1cccc2ccccc12)S(C)(=O)=O. The summed E-state index contributed by atoms with van der Waals surface area (Å²) in [5.41, 5.74) is 1.20. The molecular formula is C27H32ClN3O4S. The van der Waals surface area contributed by atoms with Crippen molar-refractivity contribution in [2.24, 2.45) is 0 Å². The van der Waals surface area contributed by atoms with E-state index in [-0.39, 0.29) is 12.5 Å². The second kappa shape index (κ2) is 12.2. The summed E-state index contributed by atoms with van der Waals surface area (Å²) >= 11 is 6.02. The molecule has 3 rings (SSSR count). The van der Waals surface area contributed by atoms with Crippen LogP contribution >= 0.6 is 11.6 Å². The molecule has 0 aliphatic carbocycles. The van der Waals surface area contributed by atoms with Gasteiger partial charge in [0.2, 0.25) is 21.8 Å². The molecule has 0 saturated heterocycles. The van der Waals surface area contributed by atoms with Crippen LogP contribution in [-0.2, 0) is 26.2 Å². The summed E-state index contributed by atoms with van der Waals surface area (Å²) in [5.74, 6) is -0.737. The number of hydrogen-bond donors (Lipinski definition) is 1. The zero-order valence-corrected chi connectivity index (χ0v) is 22.3. The Bertz CT molecular complexity index is 1310. The van der Waals surface area contributed by atoms with E-state index in [2.05, 4.69) is 5.32 Å². The van der Waals surface area contributed by atoms with Crippen LogP contribution in [0.5, 0.6) is 0 Å². The number of amides is 2. The van der Waals surface area contributed by atoms with Gasteiger partial charge in [-0.05, 0) is 42.0 Å². The average Bonchev–Trinajstić information content (AvgIpc) is 2.86. The maximum atomic E-state index is 13.8. The Kier molecular flexibility index (Phi) is 9.34. The van der Waals surface area contributed by atoms with Crippen molar-refractivity contribution in [1.82, 2.24) is 10.2 Å². The van der Waals surface area contributed by atoms with E-state index >= 15 is 0 Å². The first-order valence-corrected chi connectivity index (χ1v) is 14.2. The van der Waals surface area contributed by atoms with E-state index in [1.165, 1.54) is 4.90 Å². The summed E-state index contributed by atoms with van der Waals surface area (Å²) in [6.45, 7) is 3.98. The molecule has 0 bridgehead atoms. The summed E-state index contributed by atoms with van der Waals surface area (Å²) in [4.78, 5) is 28.2. The number of rotatable bonds is 11. The third-order valence-corrected chi connectivity index (χ3v) is 7.29. The highest BCUT2D eigenvalue weighted by atomic mass is 35.5. The van der Waals surface area contributed by atoms with Crippen LogP contribution in [0.3, 0.4) is 0 Å². The minimum atomic E-state index is -3.82. The van der Waals surface area contributed by atoms with E-state index in [4.69, 9.17) is 11.6 Å². The molecule has 1 atom stereocenters. The van der Waals surface area contributed by atoms with Crippen molar-refractivity contribution >= 4 is 49.9 Å². The average molecular weight is 530 g/mol. The van der Waals surface area contributed by atoms with E-state index in [1.54, 1.807) is 36.4 Å². The van der Waals surface area contributed by atoms with E-state index in [0.717, 1.165) is 33.3 Å². The normalized spacial score (nSPS) is 12.2. The summed E-state index contributed by atoms with van der Waals surface area (Å²) in [6.07, 6.45) is 2.22. The van der Waals surface area contributed by atoms with Crippen LogP contribution in [0, 0.1) is 0 Å². The number of halogens is 1. The molecule has 2 amide bonds.